The summed E-state index contributed by atoms with van der Waals surface area (Å²) in [6, 6.07) is 15.8. The summed E-state index contributed by atoms with van der Waals surface area (Å²) in [5, 5.41) is 0. The summed E-state index contributed by atoms with van der Waals surface area (Å²) < 4.78 is 0. The molecule has 0 bridgehead atoms. The van der Waals surface area contributed by atoms with Gasteiger partial charge < -0.3 is 9.74 Å². The molecule has 2 aromatic carbocycles. The third-order valence-electron chi connectivity index (χ3n) is 5.26. The van der Waals surface area contributed by atoms with E-state index < -0.39 is 0 Å². The van der Waals surface area contributed by atoms with Crippen molar-refractivity contribution in [3.05, 3.63) is 77.4 Å². The van der Waals surface area contributed by atoms with Crippen LogP contribution in [0, 0.1) is 23.7 Å². The van der Waals surface area contributed by atoms with E-state index in [1.807, 2.05) is 95.0 Å². The number of rotatable bonds is 3. The number of para-hydroxylation sites is 1. The van der Waals surface area contributed by atoms with Crippen LogP contribution in [0.3, 0.4) is 0 Å². The highest BCUT2D eigenvalue weighted by molar-refractivity contribution is 6.13. The van der Waals surface area contributed by atoms with E-state index in [0.717, 1.165) is 28.3 Å². The summed E-state index contributed by atoms with van der Waals surface area (Å²) in [5.74, 6) is 11.6. The van der Waals surface area contributed by atoms with Crippen LogP contribution in [-0.4, -0.2) is 34.8 Å². The van der Waals surface area contributed by atoms with Crippen molar-refractivity contribution < 1.29 is 19.2 Å². The molecule has 2 heterocycles. The SMILES string of the molecule is CC(C)C.CC(C)C(=O)N1Cc2ccccc2C#Cc2ccccc21.CC(C)N1C(=O)C=CC1=O.CC(C)ON. The van der Waals surface area contributed by atoms with Crippen molar-refractivity contribution in [2.75, 3.05) is 4.90 Å². The number of carbonyl (C=O) groups is 3. The van der Waals surface area contributed by atoms with E-state index in [-0.39, 0.29) is 35.8 Å². The number of carbonyl (C=O) groups excluding carboxylic acids is 3. The van der Waals surface area contributed by atoms with Crippen LogP contribution in [0.1, 0.15) is 79.0 Å². The Morgan fingerprint density at radius 2 is 1.25 bits per heavy atom. The van der Waals surface area contributed by atoms with E-state index >= 15 is 0 Å². The van der Waals surface area contributed by atoms with Gasteiger partial charge in [0.05, 0.1) is 18.3 Å². The molecular weight excluding hydrogens is 502 g/mol. The van der Waals surface area contributed by atoms with Gasteiger partial charge in [-0.2, -0.15) is 0 Å². The second kappa shape index (κ2) is 17.1. The van der Waals surface area contributed by atoms with Crippen molar-refractivity contribution in [3.63, 3.8) is 0 Å². The predicted molar refractivity (Wildman–Crippen MR) is 162 cm³/mol. The minimum atomic E-state index is -0.208. The number of nitrogens with zero attached hydrogens (tertiary/aromatic N) is 2. The standard InChI is InChI=1S/C19H17NO.C7H9NO2.C4H10.C3H9NO/c1-14(2)19(21)20-13-17-9-4-3-7-15(17)11-12-16-8-5-6-10-18(16)20;1-5(2)8-6(9)3-4-7(8)10;1-4(2)3;1-3(2)5-4/h3-10,14H,13H2,1-2H3;3-5H,1-2H3;4H,1-3H3;3H,4H2,1-2H3. The Kier molecular flexibility index (Phi) is 14.6. The molecule has 2 aliphatic heterocycles. The van der Waals surface area contributed by atoms with Gasteiger partial charge >= 0.3 is 0 Å². The Balaban J connectivity index is 0.000000348. The number of amides is 3. The van der Waals surface area contributed by atoms with Gasteiger partial charge in [-0.15, -0.1) is 0 Å². The summed E-state index contributed by atoms with van der Waals surface area (Å²) in [6.07, 6.45) is 2.75. The number of anilines is 1. The van der Waals surface area contributed by atoms with Gasteiger partial charge in [0.1, 0.15) is 0 Å². The molecule has 0 unspecified atom stereocenters. The Labute approximate surface area is 240 Å². The van der Waals surface area contributed by atoms with E-state index in [1.54, 1.807) is 0 Å². The van der Waals surface area contributed by atoms with Crippen molar-refractivity contribution >= 4 is 23.4 Å². The van der Waals surface area contributed by atoms with Gasteiger partial charge in [-0.25, -0.2) is 5.90 Å². The molecule has 0 atom stereocenters. The third-order valence-corrected chi connectivity index (χ3v) is 5.26. The lowest BCUT2D eigenvalue weighted by atomic mass is 10.0. The molecule has 3 amide bonds. The van der Waals surface area contributed by atoms with Gasteiger partial charge in [0.15, 0.2) is 0 Å². The average Bonchev–Trinajstić information content (AvgIpc) is 3.23. The lowest BCUT2D eigenvalue weighted by Crippen LogP contribution is -2.36. The highest BCUT2D eigenvalue weighted by Crippen LogP contribution is 2.26. The van der Waals surface area contributed by atoms with E-state index in [9.17, 15) is 14.4 Å². The highest BCUT2D eigenvalue weighted by atomic mass is 16.6. The zero-order valence-corrected chi connectivity index (χ0v) is 25.4. The molecule has 7 nitrogen and oxygen atoms in total. The number of benzene rings is 2. The number of fused-ring (bicyclic) bond motifs is 2. The second-order valence-electron chi connectivity index (χ2n) is 10.9. The van der Waals surface area contributed by atoms with Crippen LogP contribution in [0.4, 0.5) is 5.69 Å². The van der Waals surface area contributed by atoms with Crippen molar-refractivity contribution in [1.29, 1.82) is 0 Å². The van der Waals surface area contributed by atoms with Gasteiger partial charge in [-0.05, 0) is 57.4 Å². The molecule has 0 radical (unpaired) electrons. The quantitative estimate of drug-likeness (QED) is 0.295. The van der Waals surface area contributed by atoms with Crippen LogP contribution >= 0.6 is 0 Å². The molecule has 216 valence electrons. The van der Waals surface area contributed by atoms with Crippen molar-refractivity contribution in [2.24, 2.45) is 17.7 Å². The van der Waals surface area contributed by atoms with Crippen LogP contribution in [0.2, 0.25) is 0 Å². The molecule has 0 spiro atoms. The van der Waals surface area contributed by atoms with E-state index in [1.165, 1.54) is 17.1 Å². The highest BCUT2D eigenvalue weighted by Gasteiger charge is 2.25. The Hall–Kier alpha value is -3.73. The van der Waals surface area contributed by atoms with E-state index in [4.69, 9.17) is 0 Å². The first kappa shape index (κ1) is 34.3. The summed E-state index contributed by atoms with van der Waals surface area (Å²) in [7, 11) is 0. The molecule has 2 N–H and O–H groups in total. The topological polar surface area (TPSA) is 92.9 Å². The van der Waals surface area contributed by atoms with Crippen molar-refractivity contribution in [2.45, 2.75) is 81.0 Å². The number of hydrogen-bond acceptors (Lipinski definition) is 5. The molecule has 2 aromatic rings. The van der Waals surface area contributed by atoms with Gasteiger partial charge in [-0.1, -0.05) is 76.8 Å². The largest absolute Gasteiger partial charge is 0.306 e. The summed E-state index contributed by atoms with van der Waals surface area (Å²) in [5.41, 5.74) is 3.89. The average molecular weight is 548 g/mol. The fraction of sp³-hybridized carbons (Fsp3) is 0.424. The molecule has 0 fully saturated rings. The molecule has 2 aliphatic rings. The number of nitrogens with two attached hydrogens (primary N) is 1. The van der Waals surface area contributed by atoms with Gasteiger partial charge in [0.2, 0.25) is 5.91 Å². The van der Waals surface area contributed by atoms with Crippen molar-refractivity contribution in [1.82, 2.24) is 4.90 Å². The third kappa shape index (κ3) is 11.2. The second-order valence-corrected chi connectivity index (χ2v) is 10.9. The van der Waals surface area contributed by atoms with Gasteiger partial charge in [-0.3, -0.25) is 19.3 Å². The summed E-state index contributed by atoms with van der Waals surface area (Å²) in [6.45, 7) is 18.3. The Bertz CT molecular complexity index is 1200. The maximum Gasteiger partial charge on any atom is 0.253 e. The van der Waals surface area contributed by atoms with Gasteiger partial charge in [0.25, 0.3) is 11.8 Å². The van der Waals surface area contributed by atoms with Crippen molar-refractivity contribution in [3.8, 4) is 11.8 Å². The fourth-order valence-corrected chi connectivity index (χ4v) is 3.41. The monoisotopic (exact) mass is 547 g/mol. The molecule has 0 aromatic heterocycles. The van der Waals surface area contributed by atoms with Crippen LogP contribution < -0.4 is 10.8 Å². The minimum Gasteiger partial charge on any atom is -0.306 e. The molecule has 7 heteroatoms. The summed E-state index contributed by atoms with van der Waals surface area (Å²) >= 11 is 0. The Morgan fingerprint density at radius 3 is 1.70 bits per heavy atom. The van der Waals surface area contributed by atoms with Crippen LogP contribution in [0.5, 0.6) is 0 Å². The fourth-order valence-electron chi connectivity index (χ4n) is 3.41. The van der Waals surface area contributed by atoms with Gasteiger partial charge in [0, 0.05) is 35.2 Å². The molecule has 40 heavy (non-hydrogen) atoms. The van der Waals surface area contributed by atoms with E-state index in [2.05, 4.69) is 43.3 Å². The Morgan fingerprint density at radius 1 is 0.800 bits per heavy atom. The first-order valence-electron chi connectivity index (χ1n) is 13.7. The van der Waals surface area contributed by atoms with Crippen LogP contribution in [0.15, 0.2) is 60.7 Å². The lowest BCUT2D eigenvalue weighted by molar-refractivity contribution is -0.138. The molecule has 4 rings (SSSR count). The first-order valence-corrected chi connectivity index (χ1v) is 13.7. The zero-order valence-electron chi connectivity index (χ0n) is 25.4. The molecule has 0 aliphatic carbocycles. The minimum absolute atomic E-state index is 0.0324. The molecular formula is C33H45N3O4. The van der Waals surface area contributed by atoms with E-state index in [0.29, 0.717) is 6.54 Å². The maximum absolute atomic E-state index is 12.6. The summed E-state index contributed by atoms with van der Waals surface area (Å²) in [4.78, 5) is 41.6. The maximum atomic E-state index is 12.6. The first-order chi connectivity index (χ1) is 18.8. The van der Waals surface area contributed by atoms with Crippen LogP contribution in [0.25, 0.3) is 0 Å². The predicted octanol–water partition coefficient (Wildman–Crippen LogP) is 5.86. The zero-order chi connectivity index (χ0) is 30.4. The number of hydrogen-bond donors (Lipinski definition) is 1. The van der Waals surface area contributed by atoms with Crippen LogP contribution in [-0.2, 0) is 25.8 Å². The number of imide groups is 1. The molecule has 0 saturated heterocycles. The normalized spacial score (nSPS) is 13.2. The lowest BCUT2D eigenvalue weighted by Gasteiger charge is -2.27. The molecule has 0 saturated carbocycles. The smallest absolute Gasteiger partial charge is 0.253 e.